The second kappa shape index (κ2) is 9.52. The molecular weight excluding hydrogens is 324 g/mol. The molecule has 0 aliphatic heterocycles. The Hall–Kier alpha value is -1.75. The van der Waals surface area contributed by atoms with Crippen molar-refractivity contribution >= 4 is 23.5 Å². The first-order valence-corrected chi connectivity index (χ1v) is 8.92. The molecule has 1 aromatic rings. The van der Waals surface area contributed by atoms with Gasteiger partial charge in [0.1, 0.15) is 6.54 Å². The number of rotatable bonds is 6. The predicted octanol–water partition coefficient (Wildman–Crippen LogP) is 2.45. The average molecular weight is 351 g/mol. The van der Waals surface area contributed by atoms with Gasteiger partial charge in [-0.25, -0.2) is 4.99 Å². The first-order chi connectivity index (χ1) is 11.6. The molecule has 0 bridgehead atoms. The van der Waals surface area contributed by atoms with Crippen LogP contribution in [0.4, 0.5) is 0 Å². The molecule has 0 saturated heterocycles. The Morgan fingerprint density at radius 3 is 2.67 bits per heavy atom. The van der Waals surface area contributed by atoms with Gasteiger partial charge in [-0.1, -0.05) is 42.6 Å². The van der Waals surface area contributed by atoms with Crippen LogP contribution in [0.2, 0.25) is 5.02 Å². The highest BCUT2D eigenvalue weighted by atomic mass is 35.5. The number of aliphatic imine (C=N–C) groups is 1. The summed E-state index contributed by atoms with van der Waals surface area (Å²) in [7, 11) is 3.49. The summed E-state index contributed by atoms with van der Waals surface area (Å²) >= 11 is 6.19. The minimum Gasteiger partial charge on any atom is -0.356 e. The molecule has 2 rings (SSSR count). The van der Waals surface area contributed by atoms with E-state index in [1.54, 1.807) is 19.0 Å². The number of guanidine groups is 1. The Morgan fingerprint density at radius 2 is 2.00 bits per heavy atom. The molecule has 0 unspecified atom stereocenters. The van der Waals surface area contributed by atoms with Crippen LogP contribution < -0.4 is 10.6 Å². The number of nitrogens with one attached hydrogen (secondary N) is 2. The maximum absolute atomic E-state index is 11.8. The van der Waals surface area contributed by atoms with Gasteiger partial charge in [-0.2, -0.15) is 0 Å². The zero-order chi connectivity index (χ0) is 17.4. The Morgan fingerprint density at radius 1 is 1.29 bits per heavy atom. The predicted molar refractivity (Wildman–Crippen MR) is 99.5 cm³/mol. The first kappa shape index (κ1) is 18.6. The van der Waals surface area contributed by atoms with Crippen LogP contribution in [0.5, 0.6) is 0 Å². The van der Waals surface area contributed by atoms with Gasteiger partial charge in [0.15, 0.2) is 5.96 Å². The molecule has 5 nitrogen and oxygen atoms in total. The van der Waals surface area contributed by atoms with Crippen molar-refractivity contribution in [1.82, 2.24) is 15.5 Å². The van der Waals surface area contributed by atoms with E-state index in [-0.39, 0.29) is 12.5 Å². The van der Waals surface area contributed by atoms with Crippen LogP contribution in [0, 0.1) is 0 Å². The molecule has 1 saturated carbocycles. The molecule has 0 radical (unpaired) electrons. The first-order valence-electron chi connectivity index (χ1n) is 8.54. The number of benzene rings is 1. The fourth-order valence-electron chi connectivity index (χ4n) is 2.72. The summed E-state index contributed by atoms with van der Waals surface area (Å²) in [6.45, 7) is 0.875. The highest BCUT2D eigenvalue weighted by Crippen LogP contribution is 2.17. The molecule has 1 fully saturated rings. The third kappa shape index (κ3) is 6.04. The molecule has 2 N–H and O–H groups in total. The van der Waals surface area contributed by atoms with Gasteiger partial charge in [0.2, 0.25) is 5.91 Å². The van der Waals surface area contributed by atoms with E-state index in [1.165, 1.54) is 12.8 Å². The zero-order valence-corrected chi connectivity index (χ0v) is 15.3. The molecule has 6 heteroatoms. The second-order valence-electron chi connectivity index (χ2n) is 6.35. The van der Waals surface area contributed by atoms with Crippen molar-refractivity contribution < 1.29 is 4.79 Å². The van der Waals surface area contributed by atoms with Crippen LogP contribution in [0.25, 0.3) is 0 Å². The minimum absolute atomic E-state index is 0.00590. The van der Waals surface area contributed by atoms with Gasteiger partial charge >= 0.3 is 0 Å². The fourth-order valence-corrected chi connectivity index (χ4v) is 2.95. The normalized spacial score (nSPS) is 15.4. The zero-order valence-electron chi connectivity index (χ0n) is 14.5. The fraction of sp³-hybridized carbons (Fsp3) is 0.556. The number of halogens is 1. The van der Waals surface area contributed by atoms with E-state index in [2.05, 4.69) is 15.6 Å². The number of hydrogen-bond acceptors (Lipinski definition) is 2. The van der Waals surface area contributed by atoms with E-state index in [4.69, 9.17) is 11.6 Å². The minimum atomic E-state index is -0.00590. The van der Waals surface area contributed by atoms with E-state index >= 15 is 0 Å². The summed E-state index contributed by atoms with van der Waals surface area (Å²) in [4.78, 5) is 17.8. The van der Waals surface area contributed by atoms with Gasteiger partial charge in [0, 0.05) is 31.7 Å². The summed E-state index contributed by atoms with van der Waals surface area (Å²) in [5, 5.41) is 7.55. The SMILES string of the molecule is CN(C)C(=O)CN=C(NCCc1ccccc1Cl)NC1CCCC1. The quantitative estimate of drug-likeness (QED) is 0.612. The Bertz CT molecular complexity index is 568. The lowest BCUT2D eigenvalue weighted by atomic mass is 10.1. The monoisotopic (exact) mass is 350 g/mol. The molecule has 1 amide bonds. The smallest absolute Gasteiger partial charge is 0.243 e. The van der Waals surface area contributed by atoms with Crippen molar-refractivity contribution in [2.75, 3.05) is 27.2 Å². The van der Waals surface area contributed by atoms with Gasteiger partial charge in [0.05, 0.1) is 0 Å². The Balaban J connectivity index is 1.90. The van der Waals surface area contributed by atoms with Crippen molar-refractivity contribution in [3.05, 3.63) is 34.9 Å². The van der Waals surface area contributed by atoms with Gasteiger partial charge < -0.3 is 15.5 Å². The largest absolute Gasteiger partial charge is 0.356 e. The molecule has 0 aromatic heterocycles. The molecule has 0 atom stereocenters. The number of likely N-dealkylation sites (N-methyl/N-ethyl adjacent to an activating group) is 1. The summed E-state index contributed by atoms with van der Waals surface area (Å²) in [6.07, 6.45) is 5.63. The van der Waals surface area contributed by atoms with E-state index in [1.807, 2.05) is 24.3 Å². The molecule has 1 aliphatic carbocycles. The summed E-state index contributed by atoms with van der Waals surface area (Å²) < 4.78 is 0. The highest BCUT2D eigenvalue weighted by molar-refractivity contribution is 6.31. The number of amides is 1. The third-order valence-corrected chi connectivity index (χ3v) is 4.58. The average Bonchev–Trinajstić information content (AvgIpc) is 3.06. The second-order valence-corrected chi connectivity index (χ2v) is 6.75. The molecule has 132 valence electrons. The molecule has 1 aromatic carbocycles. The maximum Gasteiger partial charge on any atom is 0.243 e. The lowest BCUT2D eigenvalue weighted by molar-refractivity contribution is -0.127. The molecule has 1 aliphatic rings. The van der Waals surface area contributed by atoms with Crippen molar-refractivity contribution in [1.29, 1.82) is 0 Å². The van der Waals surface area contributed by atoms with Crippen LogP contribution in [-0.4, -0.2) is 50.0 Å². The van der Waals surface area contributed by atoms with Crippen molar-refractivity contribution in [2.45, 2.75) is 38.1 Å². The molecule has 24 heavy (non-hydrogen) atoms. The Labute approximate surface area is 149 Å². The van der Waals surface area contributed by atoms with Crippen LogP contribution in [0.3, 0.4) is 0 Å². The number of nitrogens with zero attached hydrogens (tertiary/aromatic N) is 2. The van der Waals surface area contributed by atoms with E-state index in [0.717, 1.165) is 36.4 Å². The van der Waals surface area contributed by atoms with Crippen LogP contribution in [-0.2, 0) is 11.2 Å². The molecule has 0 spiro atoms. The summed E-state index contributed by atoms with van der Waals surface area (Å²) in [6, 6.07) is 8.30. The van der Waals surface area contributed by atoms with Crippen LogP contribution in [0.15, 0.2) is 29.3 Å². The number of carbonyl (C=O) groups is 1. The van der Waals surface area contributed by atoms with E-state index in [0.29, 0.717) is 12.0 Å². The number of hydrogen-bond donors (Lipinski definition) is 2. The summed E-state index contributed by atoms with van der Waals surface area (Å²) in [5.41, 5.74) is 1.11. The lowest BCUT2D eigenvalue weighted by Crippen LogP contribution is -2.43. The lowest BCUT2D eigenvalue weighted by Gasteiger charge is -2.18. The van der Waals surface area contributed by atoms with Crippen LogP contribution in [0.1, 0.15) is 31.2 Å². The van der Waals surface area contributed by atoms with Gasteiger partial charge in [-0.3, -0.25) is 4.79 Å². The van der Waals surface area contributed by atoms with Crippen molar-refractivity contribution in [3.8, 4) is 0 Å². The van der Waals surface area contributed by atoms with Crippen LogP contribution >= 0.6 is 11.6 Å². The standard InChI is InChI=1S/C18H27ClN4O/c1-23(2)17(24)13-21-18(22-15-8-4-5-9-15)20-12-11-14-7-3-6-10-16(14)19/h3,6-7,10,15H,4-5,8-9,11-13H2,1-2H3,(H2,20,21,22). The van der Waals surface area contributed by atoms with Gasteiger partial charge in [-0.05, 0) is 30.9 Å². The van der Waals surface area contributed by atoms with Gasteiger partial charge in [-0.15, -0.1) is 0 Å². The maximum atomic E-state index is 11.8. The third-order valence-electron chi connectivity index (χ3n) is 4.21. The highest BCUT2D eigenvalue weighted by Gasteiger charge is 2.16. The topological polar surface area (TPSA) is 56.7 Å². The Kier molecular flexibility index (Phi) is 7.37. The van der Waals surface area contributed by atoms with E-state index in [9.17, 15) is 4.79 Å². The van der Waals surface area contributed by atoms with E-state index < -0.39 is 0 Å². The van der Waals surface area contributed by atoms with Crippen molar-refractivity contribution in [3.63, 3.8) is 0 Å². The van der Waals surface area contributed by atoms with Crippen molar-refractivity contribution in [2.24, 2.45) is 4.99 Å². The summed E-state index contributed by atoms with van der Waals surface area (Å²) in [5.74, 6) is 0.706. The number of carbonyl (C=O) groups excluding carboxylic acids is 1. The van der Waals surface area contributed by atoms with Gasteiger partial charge in [0.25, 0.3) is 0 Å². The molecular formula is C18H27ClN4O. The molecule has 0 heterocycles.